The second-order valence-corrected chi connectivity index (χ2v) is 37.1. The van der Waals surface area contributed by atoms with E-state index in [4.69, 9.17) is 0 Å². The van der Waals surface area contributed by atoms with E-state index < -0.39 is 0 Å². The molecular formula is C111H150N12. The Labute approximate surface area is 743 Å². The largest absolute Gasteiger partial charge is 0.155 e. The summed E-state index contributed by atoms with van der Waals surface area (Å²) in [6.45, 7) is 71.4. The molecule has 0 spiro atoms. The van der Waals surface area contributed by atoms with E-state index in [0.717, 1.165) is 145 Å². The Morgan fingerprint density at radius 2 is 0.463 bits per heavy atom. The van der Waals surface area contributed by atoms with Crippen molar-refractivity contribution in [1.82, 2.24) is 61.2 Å². The van der Waals surface area contributed by atoms with Crippen molar-refractivity contribution in [3.8, 4) is 0 Å². The van der Waals surface area contributed by atoms with E-state index in [9.17, 15) is 0 Å². The van der Waals surface area contributed by atoms with Gasteiger partial charge in [-0.05, 0) is 405 Å². The summed E-state index contributed by atoms with van der Waals surface area (Å²) in [6.07, 6.45) is 11.9. The Morgan fingerprint density at radius 3 is 0.772 bits per heavy atom. The van der Waals surface area contributed by atoms with Gasteiger partial charge in [0.1, 0.15) is 0 Å². The van der Waals surface area contributed by atoms with Crippen LogP contribution in [0.4, 0.5) is 0 Å². The van der Waals surface area contributed by atoms with Crippen molar-refractivity contribution < 1.29 is 0 Å². The fourth-order valence-corrected chi connectivity index (χ4v) is 16.3. The molecule has 0 saturated carbocycles. The van der Waals surface area contributed by atoms with Crippen LogP contribution in [-0.4, -0.2) is 61.2 Å². The Balaban J connectivity index is 0.000000203. The van der Waals surface area contributed by atoms with Gasteiger partial charge in [-0.15, -0.1) is 0 Å². The number of aryl methyl sites for hydroxylation is 27. The zero-order valence-corrected chi connectivity index (χ0v) is 81.9. The molecule has 12 nitrogen and oxygen atoms in total. The minimum atomic E-state index is 0.432. The fraction of sp³-hybridized carbons (Fsp3) is 0.459. The highest BCUT2D eigenvalue weighted by molar-refractivity contribution is 5.43. The maximum absolute atomic E-state index is 4.50. The monoisotopic (exact) mass is 1650 g/mol. The minimum Gasteiger partial charge on any atom is -0.155 e. The molecule has 0 radical (unpaired) electrons. The van der Waals surface area contributed by atoms with Gasteiger partial charge in [-0.25, -0.2) is 0 Å². The van der Waals surface area contributed by atoms with Crippen molar-refractivity contribution in [2.45, 2.75) is 341 Å². The molecule has 12 heteroatoms. The van der Waals surface area contributed by atoms with Gasteiger partial charge in [-0.2, -0.15) is 61.2 Å². The van der Waals surface area contributed by atoms with E-state index in [0.29, 0.717) is 35.5 Å². The van der Waals surface area contributed by atoms with E-state index in [-0.39, 0.29) is 0 Å². The van der Waals surface area contributed by atoms with Crippen molar-refractivity contribution in [3.63, 3.8) is 0 Å². The van der Waals surface area contributed by atoms with Crippen LogP contribution in [-0.2, 0) is 77.0 Å². The fourth-order valence-electron chi connectivity index (χ4n) is 16.3. The predicted molar refractivity (Wildman–Crippen MR) is 519 cm³/mol. The van der Waals surface area contributed by atoms with Gasteiger partial charge in [0, 0.05) is 0 Å². The standard InChI is InChI=1S/C20H28N2.2C19H26N2.2C18H24N2.C17H22N2/c1-12(2)20-17(7)16(6)19(21-22-20)9-8-18-14(4)10-13(3)11-15(18)5;1-12(2)19-11-16(6)18(20-21-19)8-7-17-14(4)9-13(3)10-15(17)5;1-12(2)19-16(6)15(5)18(20-21-19)10-9-17-8-7-13(3)11-14(17)4;1-12(2)18-11-15(5)17(19-20-18)9-8-16-7-6-13(3)10-14(16)4;1-12(2)18-15(5)11-17(19-20-18)9-8-16-7-6-13(3)10-14(16)4;1-12(2)17-10-9-16(18-19-17)8-7-15-6-5-13(3)11-14(15)4/h10-12H,8-9H2,1-7H3;9-12H,7-8H2,1-6H3;7-8,11-12H,9-10H2,1-6H3;2*6-7,10-12H,8-9H2,1-5H3;5-6,9-12H,7-8H2,1-4H3. The number of nitrogens with zero attached hydrogens (tertiary/aromatic N) is 12. The number of aromatic nitrogens is 12. The third-order valence-corrected chi connectivity index (χ3v) is 24.2. The van der Waals surface area contributed by atoms with Crippen molar-refractivity contribution in [2.24, 2.45) is 0 Å². The molecule has 0 aliphatic rings. The number of benzene rings is 6. The van der Waals surface area contributed by atoms with Gasteiger partial charge in [0.2, 0.25) is 0 Å². The van der Waals surface area contributed by atoms with Crippen LogP contribution in [0.2, 0.25) is 0 Å². The van der Waals surface area contributed by atoms with E-state index in [1.165, 1.54) is 150 Å². The molecule has 6 aromatic heterocycles. The molecular weight excluding hydrogens is 1500 g/mol. The summed E-state index contributed by atoms with van der Waals surface area (Å²) < 4.78 is 0. The van der Waals surface area contributed by atoms with Gasteiger partial charge in [0.25, 0.3) is 0 Å². The number of rotatable bonds is 24. The minimum absolute atomic E-state index is 0.432. The topological polar surface area (TPSA) is 155 Å². The molecule has 0 atom stereocenters. The Bertz CT molecular complexity index is 5400. The van der Waals surface area contributed by atoms with Crippen LogP contribution in [0.5, 0.6) is 0 Å². The molecule has 0 unspecified atom stereocenters. The molecule has 0 fully saturated rings. The lowest BCUT2D eigenvalue weighted by molar-refractivity contribution is 0.739. The summed E-state index contributed by atoms with van der Waals surface area (Å²) in [5.41, 5.74) is 49.8. The van der Waals surface area contributed by atoms with E-state index in [1.807, 2.05) is 0 Å². The van der Waals surface area contributed by atoms with Crippen molar-refractivity contribution in [2.75, 3.05) is 0 Å². The second-order valence-electron chi connectivity index (χ2n) is 37.1. The molecule has 123 heavy (non-hydrogen) atoms. The van der Waals surface area contributed by atoms with Gasteiger partial charge in [0.15, 0.2) is 0 Å². The highest BCUT2D eigenvalue weighted by Crippen LogP contribution is 2.28. The molecule has 0 amide bonds. The first-order valence-corrected chi connectivity index (χ1v) is 45.4. The summed E-state index contributed by atoms with van der Waals surface area (Å²) >= 11 is 0. The van der Waals surface area contributed by atoms with Gasteiger partial charge < -0.3 is 0 Å². The summed E-state index contributed by atoms with van der Waals surface area (Å²) in [5, 5.41) is 52.8. The first-order valence-electron chi connectivity index (χ1n) is 45.4. The first-order chi connectivity index (χ1) is 58.1. The average Bonchev–Trinajstić information content (AvgIpc) is 0.819. The molecule has 12 aromatic rings. The summed E-state index contributed by atoms with van der Waals surface area (Å²) in [6, 6.07) is 46.4. The highest BCUT2D eigenvalue weighted by atomic mass is 15.1. The normalized spacial score (nSPS) is 11.1. The molecule has 12 rings (SSSR count). The summed E-state index contributed by atoms with van der Waals surface area (Å²) in [5.74, 6) is 2.63. The van der Waals surface area contributed by atoms with Crippen LogP contribution in [0.15, 0.2) is 127 Å². The van der Waals surface area contributed by atoms with Gasteiger partial charge in [-0.1, -0.05) is 214 Å². The van der Waals surface area contributed by atoms with Crippen LogP contribution in [0.1, 0.15) is 337 Å². The molecule has 0 aliphatic heterocycles. The van der Waals surface area contributed by atoms with Gasteiger partial charge in [-0.3, -0.25) is 0 Å². The molecule has 0 aliphatic carbocycles. The number of hydrogen-bond acceptors (Lipinski definition) is 12. The zero-order chi connectivity index (χ0) is 90.8. The van der Waals surface area contributed by atoms with Crippen molar-refractivity contribution in [1.29, 1.82) is 0 Å². The second kappa shape index (κ2) is 47.6. The van der Waals surface area contributed by atoms with Crippen LogP contribution in [0.25, 0.3) is 0 Å². The molecule has 6 heterocycles. The lowest BCUT2D eigenvalue weighted by atomic mass is 9.94. The Morgan fingerprint density at radius 1 is 0.179 bits per heavy atom. The first kappa shape index (κ1) is 99.9. The van der Waals surface area contributed by atoms with Gasteiger partial charge in [0.05, 0.1) is 68.3 Å². The molecule has 0 saturated heterocycles. The van der Waals surface area contributed by atoms with Crippen LogP contribution in [0.3, 0.4) is 0 Å². The Kier molecular flexibility index (Phi) is 38.7. The molecule has 0 N–H and O–H groups in total. The van der Waals surface area contributed by atoms with Crippen molar-refractivity contribution in [3.05, 3.63) is 346 Å². The van der Waals surface area contributed by atoms with Crippen LogP contribution >= 0.6 is 0 Å². The van der Waals surface area contributed by atoms with Crippen molar-refractivity contribution >= 4 is 0 Å². The smallest absolute Gasteiger partial charge is 0.0688 e. The number of hydrogen-bond donors (Lipinski definition) is 0. The summed E-state index contributed by atoms with van der Waals surface area (Å²) in [4.78, 5) is 0. The van der Waals surface area contributed by atoms with E-state index >= 15 is 0 Å². The van der Waals surface area contributed by atoms with E-state index in [2.05, 4.69) is 417 Å². The maximum Gasteiger partial charge on any atom is 0.0688 e. The zero-order valence-electron chi connectivity index (χ0n) is 81.9. The van der Waals surface area contributed by atoms with Crippen LogP contribution in [0, 0.1) is 145 Å². The molecule has 654 valence electrons. The third kappa shape index (κ3) is 30.3. The highest BCUT2D eigenvalue weighted by Gasteiger charge is 2.18. The van der Waals surface area contributed by atoms with Gasteiger partial charge >= 0.3 is 0 Å². The van der Waals surface area contributed by atoms with Crippen LogP contribution < -0.4 is 0 Å². The lowest BCUT2D eigenvalue weighted by Gasteiger charge is -2.15. The molecule has 0 bridgehead atoms. The average molecular weight is 1650 g/mol. The quantitative estimate of drug-likeness (QED) is 0.0565. The SMILES string of the molecule is Cc1cc(C)c(CCc2nnc(C(C)C)c(C)c2C)c(C)c1.Cc1cc(C)c(CCc2nnc(C(C)C)cc2C)c(C)c1.Cc1ccc(CCc2cc(C)c(C(C)C)nn2)c(C)c1.Cc1ccc(CCc2ccc(C(C)C)nn2)c(C)c1.Cc1ccc(CCc2nnc(C(C)C)c(C)c2C)c(C)c1.Cc1ccc(CCc2nnc(C(C)C)cc2C)c(C)c1. The predicted octanol–water partition coefficient (Wildman–Crippen LogP) is 26.8. The lowest BCUT2D eigenvalue weighted by Crippen LogP contribution is -2.08. The maximum atomic E-state index is 4.50. The third-order valence-electron chi connectivity index (χ3n) is 24.2. The van der Waals surface area contributed by atoms with E-state index in [1.54, 1.807) is 0 Å². The Hall–Kier alpha value is -10.2. The molecule has 6 aromatic carbocycles. The summed E-state index contributed by atoms with van der Waals surface area (Å²) in [7, 11) is 0.